The van der Waals surface area contributed by atoms with Crippen molar-refractivity contribution in [1.29, 1.82) is 0 Å². The lowest BCUT2D eigenvalue weighted by atomic mass is 9.78. The molecule has 0 aromatic carbocycles. The van der Waals surface area contributed by atoms with E-state index in [1.54, 1.807) is 0 Å². The van der Waals surface area contributed by atoms with Crippen LogP contribution in [0.2, 0.25) is 0 Å². The Morgan fingerprint density at radius 2 is 1.29 bits per heavy atom. The number of hydrogen-bond donors (Lipinski definition) is 2. The molecule has 0 aromatic heterocycles. The van der Waals surface area contributed by atoms with Gasteiger partial charge in [-0.05, 0) is 11.1 Å². The molecule has 0 spiro atoms. The highest BCUT2D eigenvalue weighted by atomic mass is 16.4. The topological polar surface area (TPSA) is 74.6 Å². The van der Waals surface area contributed by atoms with Gasteiger partial charge >= 0.3 is 11.9 Å². The zero-order valence-electron chi connectivity index (χ0n) is 7.43. The van der Waals surface area contributed by atoms with Crippen molar-refractivity contribution in [2.24, 2.45) is 11.8 Å². The first kappa shape index (κ1) is 10.2. The minimum atomic E-state index is -1.19. The van der Waals surface area contributed by atoms with Crippen LogP contribution in [0.4, 0.5) is 0 Å². The maximum atomic E-state index is 10.8. The summed E-state index contributed by atoms with van der Waals surface area (Å²) >= 11 is 0. The highest BCUT2D eigenvalue weighted by molar-refractivity contribution is 5.86. The average Bonchev–Trinajstić information content (AvgIpc) is 2.07. The summed E-state index contributed by atoms with van der Waals surface area (Å²) in [6, 6.07) is 0. The summed E-state index contributed by atoms with van der Waals surface area (Å²) in [7, 11) is 0. The average molecular weight is 194 g/mol. The van der Waals surface area contributed by atoms with Crippen LogP contribution in [0.1, 0.15) is 0 Å². The quantitative estimate of drug-likeness (QED) is 0.689. The molecule has 0 aliphatic heterocycles. The van der Waals surface area contributed by atoms with Crippen molar-refractivity contribution in [3.05, 3.63) is 36.5 Å². The summed E-state index contributed by atoms with van der Waals surface area (Å²) in [4.78, 5) is 21.7. The minimum absolute atomic E-state index is 0.289. The van der Waals surface area contributed by atoms with Gasteiger partial charge in [-0.3, -0.25) is 9.59 Å². The molecule has 1 aliphatic rings. The number of carbonyl (C=O) groups is 2. The lowest BCUT2D eigenvalue weighted by Gasteiger charge is -2.24. The number of aliphatic carboxylic acids is 2. The Labute approximate surface area is 80.9 Å². The number of carboxylic acids is 2. The molecule has 2 unspecified atom stereocenters. The predicted molar refractivity (Wildman–Crippen MR) is 49.7 cm³/mol. The Hall–Kier alpha value is -1.84. The van der Waals surface area contributed by atoms with Gasteiger partial charge in [-0.15, -0.1) is 0 Å². The van der Waals surface area contributed by atoms with Crippen LogP contribution < -0.4 is 0 Å². The van der Waals surface area contributed by atoms with E-state index in [9.17, 15) is 9.59 Å². The first-order chi connectivity index (χ1) is 6.45. The first-order valence-electron chi connectivity index (χ1n) is 3.96. The van der Waals surface area contributed by atoms with Crippen molar-refractivity contribution in [1.82, 2.24) is 0 Å². The fourth-order valence-electron chi connectivity index (χ4n) is 1.45. The van der Waals surface area contributed by atoms with Gasteiger partial charge in [0.15, 0.2) is 0 Å². The highest BCUT2D eigenvalue weighted by Crippen LogP contribution is 2.32. The predicted octanol–water partition coefficient (Wildman–Crippen LogP) is 1.07. The molecule has 1 aliphatic carbocycles. The van der Waals surface area contributed by atoms with Crippen molar-refractivity contribution in [3.63, 3.8) is 0 Å². The van der Waals surface area contributed by atoms with Crippen LogP contribution in [0.5, 0.6) is 0 Å². The molecule has 0 bridgehead atoms. The van der Waals surface area contributed by atoms with Crippen LogP contribution in [-0.2, 0) is 9.59 Å². The summed E-state index contributed by atoms with van der Waals surface area (Å²) in [5.74, 6) is -4.59. The van der Waals surface area contributed by atoms with E-state index in [1.807, 2.05) is 0 Å². The fraction of sp³-hybridized carbons (Fsp3) is 0.200. The van der Waals surface area contributed by atoms with Gasteiger partial charge in [-0.2, -0.15) is 0 Å². The van der Waals surface area contributed by atoms with Crippen LogP contribution in [-0.4, -0.2) is 22.2 Å². The molecule has 0 aromatic rings. The van der Waals surface area contributed by atoms with E-state index >= 15 is 0 Å². The van der Waals surface area contributed by atoms with Gasteiger partial charge in [0.05, 0.1) is 11.8 Å². The second kappa shape index (κ2) is 3.49. The normalized spacial score (nSPS) is 26.3. The molecule has 0 saturated heterocycles. The lowest BCUT2D eigenvalue weighted by Crippen LogP contribution is -2.33. The zero-order chi connectivity index (χ0) is 10.9. The zero-order valence-corrected chi connectivity index (χ0v) is 7.43. The second-order valence-electron chi connectivity index (χ2n) is 3.11. The van der Waals surface area contributed by atoms with E-state index in [0.717, 1.165) is 0 Å². The van der Waals surface area contributed by atoms with Gasteiger partial charge < -0.3 is 10.2 Å². The van der Waals surface area contributed by atoms with E-state index in [4.69, 9.17) is 10.2 Å². The Kier molecular flexibility index (Phi) is 2.56. The molecule has 0 heterocycles. The summed E-state index contributed by atoms with van der Waals surface area (Å²) < 4.78 is 0. The molecule has 4 heteroatoms. The third-order valence-corrected chi connectivity index (χ3v) is 2.18. The first-order valence-corrected chi connectivity index (χ1v) is 3.96. The van der Waals surface area contributed by atoms with E-state index in [-0.39, 0.29) is 11.1 Å². The molecular weight excluding hydrogens is 184 g/mol. The van der Waals surface area contributed by atoms with Gasteiger partial charge in [0.1, 0.15) is 0 Å². The standard InChI is InChI=1S/C10H10O4/c1-5-3-4-6(2)8(10(13)14)7(5)9(11)12/h3-4,7-8H,1-2H2,(H,11,12)(H,13,14). The minimum Gasteiger partial charge on any atom is -0.481 e. The van der Waals surface area contributed by atoms with Crippen molar-refractivity contribution in [2.45, 2.75) is 0 Å². The van der Waals surface area contributed by atoms with Crippen LogP contribution in [0.3, 0.4) is 0 Å². The molecule has 0 fully saturated rings. The fourth-order valence-corrected chi connectivity index (χ4v) is 1.45. The van der Waals surface area contributed by atoms with Crippen LogP contribution in [0, 0.1) is 11.8 Å². The summed E-state index contributed by atoms with van der Waals surface area (Å²) in [6.07, 6.45) is 2.97. The van der Waals surface area contributed by atoms with E-state index in [1.165, 1.54) is 12.2 Å². The maximum absolute atomic E-state index is 10.8. The monoisotopic (exact) mass is 194 g/mol. The maximum Gasteiger partial charge on any atom is 0.312 e. The molecule has 0 saturated carbocycles. The number of rotatable bonds is 2. The summed E-state index contributed by atoms with van der Waals surface area (Å²) in [5.41, 5.74) is 0.578. The SMILES string of the molecule is C=C1C=CC(=C)C(C(=O)O)C1C(=O)O. The third kappa shape index (κ3) is 1.59. The van der Waals surface area contributed by atoms with Crippen LogP contribution in [0.15, 0.2) is 36.5 Å². The van der Waals surface area contributed by atoms with Gasteiger partial charge in [0, 0.05) is 0 Å². The molecule has 1 rings (SSSR count). The molecule has 2 atom stereocenters. The molecule has 14 heavy (non-hydrogen) atoms. The van der Waals surface area contributed by atoms with Crippen molar-refractivity contribution < 1.29 is 19.8 Å². The summed E-state index contributed by atoms with van der Waals surface area (Å²) in [5, 5.41) is 17.7. The number of hydrogen-bond acceptors (Lipinski definition) is 2. The second-order valence-corrected chi connectivity index (χ2v) is 3.11. The van der Waals surface area contributed by atoms with Gasteiger partial charge in [-0.1, -0.05) is 25.3 Å². The Morgan fingerprint density at radius 3 is 1.50 bits per heavy atom. The van der Waals surface area contributed by atoms with Crippen molar-refractivity contribution in [3.8, 4) is 0 Å². The van der Waals surface area contributed by atoms with E-state index < -0.39 is 23.8 Å². The largest absolute Gasteiger partial charge is 0.481 e. The van der Waals surface area contributed by atoms with Crippen LogP contribution in [0.25, 0.3) is 0 Å². The molecule has 4 nitrogen and oxygen atoms in total. The van der Waals surface area contributed by atoms with E-state index in [0.29, 0.717) is 0 Å². The number of carboxylic acid groups (broad SMARTS) is 2. The number of allylic oxidation sites excluding steroid dienone is 2. The highest BCUT2D eigenvalue weighted by Gasteiger charge is 2.38. The molecular formula is C10H10O4. The molecule has 74 valence electrons. The smallest absolute Gasteiger partial charge is 0.312 e. The van der Waals surface area contributed by atoms with Crippen LogP contribution >= 0.6 is 0 Å². The lowest BCUT2D eigenvalue weighted by molar-refractivity contribution is -0.150. The van der Waals surface area contributed by atoms with Crippen molar-refractivity contribution in [2.75, 3.05) is 0 Å². The summed E-state index contributed by atoms with van der Waals surface area (Å²) in [6.45, 7) is 7.02. The Bertz CT molecular complexity index is 317. The van der Waals surface area contributed by atoms with Gasteiger partial charge in [0.25, 0.3) is 0 Å². The van der Waals surface area contributed by atoms with Gasteiger partial charge in [0.2, 0.25) is 0 Å². The molecule has 0 amide bonds. The van der Waals surface area contributed by atoms with Crippen molar-refractivity contribution >= 4 is 11.9 Å². The third-order valence-electron chi connectivity index (χ3n) is 2.18. The van der Waals surface area contributed by atoms with Gasteiger partial charge in [-0.25, -0.2) is 0 Å². The Morgan fingerprint density at radius 1 is 1.00 bits per heavy atom. The molecule has 0 radical (unpaired) electrons. The molecule has 2 N–H and O–H groups in total. The van der Waals surface area contributed by atoms with E-state index in [2.05, 4.69) is 13.2 Å². The Balaban J connectivity index is 3.15.